The van der Waals surface area contributed by atoms with Crippen molar-refractivity contribution >= 4 is 35.2 Å². The Morgan fingerprint density at radius 3 is 2.73 bits per heavy atom. The molecule has 1 N–H and O–H groups in total. The number of nitrogens with one attached hydrogen (secondary N) is 1. The molecule has 6 nitrogen and oxygen atoms in total. The van der Waals surface area contributed by atoms with Crippen molar-refractivity contribution in [3.63, 3.8) is 0 Å². The van der Waals surface area contributed by atoms with Crippen LogP contribution in [0.15, 0.2) is 42.1 Å². The van der Waals surface area contributed by atoms with E-state index in [1.807, 2.05) is 0 Å². The van der Waals surface area contributed by atoms with Gasteiger partial charge in [0.05, 0.1) is 18.2 Å². The van der Waals surface area contributed by atoms with E-state index in [4.69, 9.17) is 32.7 Å². The van der Waals surface area contributed by atoms with Gasteiger partial charge in [0.15, 0.2) is 0 Å². The molecule has 0 unspecified atom stereocenters. The fourth-order valence-corrected chi connectivity index (χ4v) is 3.18. The third kappa shape index (κ3) is 4.38. The summed E-state index contributed by atoms with van der Waals surface area (Å²) in [6, 6.07) is 3.78. The highest BCUT2D eigenvalue weighted by molar-refractivity contribution is 6.35. The van der Waals surface area contributed by atoms with Crippen LogP contribution in [0.2, 0.25) is 10.0 Å². The minimum atomic E-state index is -0.747. The van der Waals surface area contributed by atoms with E-state index in [2.05, 4.69) is 11.9 Å². The number of nitrogens with zero attached hydrogens (tertiary/aromatic N) is 1. The maximum atomic E-state index is 12.7. The van der Waals surface area contributed by atoms with Crippen LogP contribution < -0.4 is 5.32 Å². The van der Waals surface area contributed by atoms with Crippen molar-refractivity contribution in [1.82, 2.24) is 10.2 Å². The van der Waals surface area contributed by atoms with Crippen LogP contribution in [-0.2, 0) is 14.3 Å². The molecule has 0 radical (unpaired) electrons. The van der Waals surface area contributed by atoms with E-state index in [0.29, 0.717) is 26.9 Å². The second kappa shape index (κ2) is 9.07. The zero-order chi connectivity index (χ0) is 19.3. The monoisotopic (exact) mass is 398 g/mol. The van der Waals surface area contributed by atoms with Gasteiger partial charge in [0.2, 0.25) is 0 Å². The van der Waals surface area contributed by atoms with Crippen molar-refractivity contribution in [2.45, 2.75) is 13.0 Å². The third-order valence-corrected chi connectivity index (χ3v) is 4.48. The van der Waals surface area contributed by atoms with E-state index in [-0.39, 0.29) is 25.8 Å². The summed E-state index contributed by atoms with van der Waals surface area (Å²) in [5.41, 5.74) is 1.33. The Morgan fingerprint density at radius 2 is 2.12 bits per heavy atom. The van der Waals surface area contributed by atoms with Crippen molar-refractivity contribution in [2.75, 3.05) is 26.9 Å². The summed E-state index contributed by atoms with van der Waals surface area (Å²) >= 11 is 12.2. The Bertz CT molecular complexity index is 749. The summed E-state index contributed by atoms with van der Waals surface area (Å²) in [5.74, 6) is -0.551. The number of urea groups is 1. The number of allylic oxidation sites excluding steroid dienone is 1. The van der Waals surface area contributed by atoms with E-state index in [1.165, 1.54) is 12.0 Å². The minimum absolute atomic E-state index is 0.0998. The predicted molar refractivity (Wildman–Crippen MR) is 100 cm³/mol. The van der Waals surface area contributed by atoms with Crippen LogP contribution in [0.4, 0.5) is 4.79 Å². The van der Waals surface area contributed by atoms with E-state index in [1.54, 1.807) is 31.2 Å². The highest BCUT2D eigenvalue weighted by Crippen LogP contribution is 2.35. The molecule has 0 bridgehead atoms. The summed E-state index contributed by atoms with van der Waals surface area (Å²) < 4.78 is 10.2. The number of hydrogen-bond donors (Lipinski definition) is 1. The lowest BCUT2D eigenvalue weighted by Crippen LogP contribution is -2.48. The summed E-state index contributed by atoms with van der Waals surface area (Å²) in [5, 5.41) is 3.60. The lowest BCUT2D eigenvalue weighted by molar-refractivity contribution is -0.140. The largest absolute Gasteiger partial charge is 0.460 e. The molecule has 140 valence electrons. The van der Waals surface area contributed by atoms with Crippen LogP contribution >= 0.6 is 23.2 Å². The molecular formula is C18H20Cl2N2O4. The highest BCUT2D eigenvalue weighted by atomic mass is 35.5. The molecule has 8 heteroatoms. The predicted octanol–water partition coefficient (Wildman–Crippen LogP) is 3.71. The number of carbonyl (C=O) groups excluding carboxylic acids is 2. The molecule has 0 saturated heterocycles. The quantitative estimate of drug-likeness (QED) is 0.431. The minimum Gasteiger partial charge on any atom is -0.460 e. The molecule has 0 spiro atoms. The molecule has 0 aliphatic carbocycles. The lowest BCUT2D eigenvalue weighted by atomic mass is 9.95. The first-order valence-corrected chi connectivity index (χ1v) is 8.67. The molecule has 26 heavy (non-hydrogen) atoms. The molecule has 1 heterocycles. The Labute approximate surface area is 162 Å². The van der Waals surface area contributed by atoms with Gasteiger partial charge in [0, 0.05) is 29.4 Å². The number of halogens is 2. The van der Waals surface area contributed by atoms with Crippen LogP contribution in [0, 0.1) is 0 Å². The SMILES string of the molecule is C=CCN1C(=O)N[C@H](c2ccc(Cl)cc2Cl)C(C(=O)OCCOC)=C1C. The van der Waals surface area contributed by atoms with Crippen LogP contribution in [0.1, 0.15) is 18.5 Å². The standard InChI is InChI=1S/C18H20Cl2N2O4/c1-4-7-22-11(2)15(17(23)26-9-8-25-3)16(21-18(22)24)13-6-5-12(19)10-14(13)20/h4-6,10,16H,1,7-9H2,2-3H3,(H,21,24)/t16-/m1/s1. The second-order valence-corrected chi connectivity index (χ2v) is 6.42. The lowest BCUT2D eigenvalue weighted by Gasteiger charge is -2.35. The molecule has 2 rings (SSSR count). The van der Waals surface area contributed by atoms with Crippen LogP contribution in [0.25, 0.3) is 0 Å². The van der Waals surface area contributed by atoms with Gasteiger partial charge in [0.1, 0.15) is 6.61 Å². The molecule has 2 amide bonds. The first-order chi connectivity index (χ1) is 12.4. The van der Waals surface area contributed by atoms with Gasteiger partial charge in [-0.15, -0.1) is 6.58 Å². The number of amides is 2. The average molecular weight is 399 g/mol. The van der Waals surface area contributed by atoms with E-state index in [9.17, 15) is 9.59 Å². The van der Waals surface area contributed by atoms with Gasteiger partial charge in [-0.1, -0.05) is 35.3 Å². The second-order valence-electron chi connectivity index (χ2n) is 5.58. The third-order valence-electron chi connectivity index (χ3n) is 3.92. The fraction of sp³-hybridized carbons (Fsp3) is 0.333. The molecule has 0 saturated carbocycles. The van der Waals surface area contributed by atoms with Gasteiger partial charge >= 0.3 is 12.0 Å². The smallest absolute Gasteiger partial charge is 0.338 e. The van der Waals surface area contributed by atoms with Crippen molar-refractivity contribution < 1.29 is 19.1 Å². The molecule has 1 aromatic rings. The summed E-state index contributed by atoms with van der Waals surface area (Å²) in [4.78, 5) is 26.6. The van der Waals surface area contributed by atoms with Crippen LogP contribution in [-0.4, -0.2) is 43.8 Å². The molecular weight excluding hydrogens is 379 g/mol. The van der Waals surface area contributed by atoms with E-state index in [0.717, 1.165) is 0 Å². The molecule has 0 aromatic heterocycles. The molecule has 1 aromatic carbocycles. The number of hydrogen-bond acceptors (Lipinski definition) is 4. The summed E-state index contributed by atoms with van der Waals surface area (Å²) in [6.07, 6.45) is 1.58. The zero-order valence-corrected chi connectivity index (χ0v) is 16.1. The molecule has 1 aliphatic heterocycles. The first kappa shape index (κ1) is 20.3. The zero-order valence-electron chi connectivity index (χ0n) is 14.6. The van der Waals surface area contributed by atoms with Gasteiger partial charge in [-0.05, 0) is 24.6 Å². The van der Waals surface area contributed by atoms with Gasteiger partial charge in [-0.25, -0.2) is 9.59 Å². The van der Waals surface area contributed by atoms with Gasteiger partial charge in [-0.2, -0.15) is 0 Å². The number of carbonyl (C=O) groups is 2. The molecule has 0 fully saturated rings. The first-order valence-electron chi connectivity index (χ1n) is 7.91. The Morgan fingerprint density at radius 1 is 1.38 bits per heavy atom. The van der Waals surface area contributed by atoms with Crippen molar-refractivity contribution in [3.05, 3.63) is 57.7 Å². The van der Waals surface area contributed by atoms with Crippen molar-refractivity contribution in [1.29, 1.82) is 0 Å². The van der Waals surface area contributed by atoms with Gasteiger partial charge in [-0.3, -0.25) is 4.90 Å². The van der Waals surface area contributed by atoms with Crippen molar-refractivity contribution in [3.8, 4) is 0 Å². The highest BCUT2D eigenvalue weighted by Gasteiger charge is 2.36. The Kier molecular flexibility index (Phi) is 7.08. The van der Waals surface area contributed by atoms with E-state index < -0.39 is 12.0 Å². The Balaban J connectivity index is 2.48. The topological polar surface area (TPSA) is 67.9 Å². The van der Waals surface area contributed by atoms with Crippen molar-refractivity contribution in [2.24, 2.45) is 0 Å². The number of ether oxygens (including phenoxy) is 2. The summed E-state index contributed by atoms with van der Waals surface area (Å²) in [6.45, 7) is 5.96. The fourth-order valence-electron chi connectivity index (χ4n) is 2.66. The van der Waals surface area contributed by atoms with Gasteiger partial charge < -0.3 is 14.8 Å². The normalized spacial score (nSPS) is 17.2. The Hall–Kier alpha value is -2.02. The number of esters is 1. The van der Waals surface area contributed by atoms with E-state index >= 15 is 0 Å². The van der Waals surface area contributed by atoms with Crippen LogP contribution in [0.5, 0.6) is 0 Å². The molecule has 1 aliphatic rings. The average Bonchev–Trinajstić information content (AvgIpc) is 2.58. The maximum absolute atomic E-state index is 12.7. The summed E-state index contributed by atoms with van der Waals surface area (Å²) in [7, 11) is 1.52. The number of benzene rings is 1. The number of methoxy groups -OCH3 is 1. The maximum Gasteiger partial charge on any atom is 0.338 e. The number of rotatable bonds is 7. The molecule has 1 atom stereocenters. The van der Waals surface area contributed by atoms with Gasteiger partial charge in [0.25, 0.3) is 0 Å². The van der Waals surface area contributed by atoms with Crippen LogP contribution in [0.3, 0.4) is 0 Å².